The van der Waals surface area contributed by atoms with Crippen molar-refractivity contribution in [3.8, 4) is 11.5 Å². The summed E-state index contributed by atoms with van der Waals surface area (Å²) in [7, 11) is 1.66. The van der Waals surface area contributed by atoms with Gasteiger partial charge >= 0.3 is 0 Å². The number of hydrogen-bond donors (Lipinski definition) is 0. The predicted octanol–water partition coefficient (Wildman–Crippen LogP) is 3.26. The summed E-state index contributed by atoms with van der Waals surface area (Å²) >= 11 is 3.45. The molecule has 0 atom stereocenters. The largest absolute Gasteiger partial charge is 0.493 e. The first-order valence-electron chi connectivity index (χ1n) is 5.83. The Labute approximate surface area is 110 Å². The van der Waals surface area contributed by atoms with Gasteiger partial charge in [-0.3, -0.25) is 0 Å². The van der Waals surface area contributed by atoms with E-state index in [1.54, 1.807) is 7.11 Å². The average molecular weight is 301 g/mol. The minimum Gasteiger partial charge on any atom is -0.493 e. The maximum absolute atomic E-state index is 5.72. The second-order valence-electron chi connectivity index (χ2n) is 4.22. The highest BCUT2D eigenvalue weighted by Gasteiger charge is 2.22. The van der Waals surface area contributed by atoms with E-state index in [1.807, 2.05) is 18.2 Å². The molecule has 2 rings (SSSR count). The number of hydrogen-bond acceptors (Lipinski definition) is 3. The molecule has 0 amide bonds. The van der Waals surface area contributed by atoms with E-state index in [-0.39, 0.29) is 0 Å². The van der Waals surface area contributed by atoms with Crippen molar-refractivity contribution in [3.05, 3.63) is 22.7 Å². The molecule has 0 saturated heterocycles. The molecule has 94 valence electrons. The third-order valence-electron chi connectivity index (χ3n) is 2.58. The zero-order valence-corrected chi connectivity index (χ0v) is 11.5. The number of methoxy groups -OCH3 is 1. The van der Waals surface area contributed by atoms with Crippen LogP contribution in [-0.4, -0.2) is 26.9 Å². The van der Waals surface area contributed by atoms with Crippen molar-refractivity contribution in [2.75, 3.05) is 26.9 Å². The lowest BCUT2D eigenvalue weighted by Crippen LogP contribution is -2.05. The second-order valence-corrected chi connectivity index (χ2v) is 5.13. The van der Waals surface area contributed by atoms with Gasteiger partial charge in [0.15, 0.2) is 0 Å². The van der Waals surface area contributed by atoms with Crippen LogP contribution in [0.3, 0.4) is 0 Å². The zero-order valence-electron chi connectivity index (χ0n) is 9.95. The molecule has 0 radical (unpaired) electrons. The Balaban J connectivity index is 1.90. The van der Waals surface area contributed by atoms with Gasteiger partial charge in [-0.2, -0.15) is 0 Å². The molecule has 0 aliphatic heterocycles. The Kier molecular flexibility index (Phi) is 4.68. The fourth-order valence-corrected chi connectivity index (χ4v) is 1.90. The van der Waals surface area contributed by atoms with E-state index in [9.17, 15) is 0 Å². The molecule has 17 heavy (non-hydrogen) atoms. The van der Waals surface area contributed by atoms with Crippen LogP contribution in [0.25, 0.3) is 0 Å². The molecule has 0 unspecified atom stereocenters. The van der Waals surface area contributed by atoms with Crippen molar-refractivity contribution in [2.24, 2.45) is 5.92 Å². The molecule has 0 N–H and O–H groups in total. The van der Waals surface area contributed by atoms with Gasteiger partial charge in [0.05, 0.1) is 13.2 Å². The lowest BCUT2D eigenvalue weighted by Gasteiger charge is -2.10. The number of benzene rings is 1. The van der Waals surface area contributed by atoms with E-state index in [4.69, 9.17) is 14.2 Å². The lowest BCUT2D eigenvalue weighted by atomic mass is 10.3. The van der Waals surface area contributed by atoms with Crippen LogP contribution < -0.4 is 9.47 Å². The van der Waals surface area contributed by atoms with Gasteiger partial charge in [0, 0.05) is 17.6 Å². The van der Waals surface area contributed by atoms with E-state index >= 15 is 0 Å². The number of ether oxygens (including phenoxy) is 3. The quantitative estimate of drug-likeness (QED) is 0.724. The van der Waals surface area contributed by atoms with Crippen LogP contribution in [0.15, 0.2) is 22.7 Å². The summed E-state index contributed by atoms with van der Waals surface area (Å²) in [5, 5.41) is 0. The third-order valence-corrected chi connectivity index (χ3v) is 3.04. The fourth-order valence-electron chi connectivity index (χ4n) is 1.45. The van der Waals surface area contributed by atoms with Gasteiger partial charge in [-0.25, -0.2) is 0 Å². The predicted molar refractivity (Wildman–Crippen MR) is 69.7 cm³/mol. The molecule has 1 aliphatic carbocycles. The molecule has 1 aromatic carbocycles. The third kappa shape index (κ3) is 4.56. The van der Waals surface area contributed by atoms with Gasteiger partial charge in [0.2, 0.25) is 0 Å². The summed E-state index contributed by atoms with van der Waals surface area (Å²) in [6.07, 6.45) is 2.59. The van der Waals surface area contributed by atoms with Crippen LogP contribution >= 0.6 is 15.9 Å². The Morgan fingerprint density at radius 3 is 2.47 bits per heavy atom. The molecular weight excluding hydrogens is 284 g/mol. The molecule has 1 aliphatic rings. The topological polar surface area (TPSA) is 27.7 Å². The SMILES string of the molecule is COCCOc1cc(Br)cc(OCC2CC2)c1. The van der Waals surface area contributed by atoms with Crippen LogP contribution in [0.2, 0.25) is 0 Å². The summed E-state index contributed by atoms with van der Waals surface area (Å²) in [5.74, 6) is 2.42. The summed E-state index contributed by atoms with van der Waals surface area (Å²) < 4.78 is 17.2. The summed E-state index contributed by atoms with van der Waals surface area (Å²) in [5.41, 5.74) is 0. The Morgan fingerprint density at radius 1 is 1.12 bits per heavy atom. The molecular formula is C13H17BrO3. The van der Waals surface area contributed by atoms with Crippen LogP contribution in [-0.2, 0) is 4.74 Å². The van der Waals surface area contributed by atoms with Crippen molar-refractivity contribution in [3.63, 3.8) is 0 Å². The van der Waals surface area contributed by atoms with Gasteiger partial charge in [-0.05, 0) is 30.9 Å². The van der Waals surface area contributed by atoms with Gasteiger partial charge in [0.25, 0.3) is 0 Å². The van der Waals surface area contributed by atoms with E-state index in [1.165, 1.54) is 12.8 Å². The van der Waals surface area contributed by atoms with E-state index in [0.29, 0.717) is 13.2 Å². The van der Waals surface area contributed by atoms with Gasteiger partial charge in [-0.15, -0.1) is 0 Å². The standard InChI is InChI=1S/C13H17BrO3/c1-15-4-5-16-12-6-11(14)7-13(8-12)17-9-10-2-3-10/h6-8,10H,2-5,9H2,1H3. The van der Waals surface area contributed by atoms with Crippen molar-refractivity contribution in [2.45, 2.75) is 12.8 Å². The average Bonchev–Trinajstić information content (AvgIpc) is 3.10. The molecule has 0 heterocycles. The minimum atomic E-state index is 0.551. The monoisotopic (exact) mass is 300 g/mol. The molecule has 4 heteroatoms. The summed E-state index contributed by atoms with van der Waals surface area (Å²) in [6.45, 7) is 1.95. The van der Waals surface area contributed by atoms with E-state index in [0.717, 1.165) is 28.5 Å². The molecule has 1 fully saturated rings. The minimum absolute atomic E-state index is 0.551. The van der Waals surface area contributed by atoms with Crippen molar-refractivity contribution >= 4 is 15.9 Å². The highest BCUT2D eigenvalue weighted by Crippen LogP contribution is 2.31. The molecule has 0 aromatic heterocycles. The van der Waals surface area contributed by atoms with Crippen molar-refractivity contribution in [1.29, 1.82) is 0 Å². The maximum Gasteiger partial charge on any atom is 0.124 e. The van der Waals surface area contributed by atoms with Crippen LogP contribution in [0, 0.1) is 5.92 Å². The molecule has 3 nitrogen and oxygen atoms in total. The van der Waals surface area contributed by atoms with E-state index in [2.05, 4.69) is 15.9 Å². The van der Waals surface area contributed by atoms with Crippen molar-refractivity contribution in [1.82, 2.24) is 0 Å². The van der Waals surface area contributed by atoms with Gasteiger partial charge < -0.3 is 14.2 Å². The van der Waals surface area contributed by atoms with Crippen LogP contribution in [0.5, 0.6) is 11.5 Å². The fraction of sp³-hybridized carbons (Fsp3) is 0.538. The highest BCUT2D eigenvalue weighted by molar-refractivity contribution is 9.10. The van der Waals surface area contributed by atoms with Gasteiger partial charge in [-0.1, -0.05) is 15.9 Å². The first-order chi connectivity index (χ1) is 8.28. The molecule has 0 bridgehead atoms. The summed E-state index contributed by atoms with van der Waals surface area (Å²) in [6, 6.07) is 5.81. The molecule has 1 aromatic rings. The second kappa shape index (κ2) is 6.26. The lowest BCUT2D eigenvalue weighted by molar-refractivity contribution is 0.146. The summed E-state index contributed by atoms with van der Waals surface area (Å²) in [4.78, 5) is 0. The Morgan fingerprint density at radius 2 is 1.82 bits per heavy atom. The molecule has 0 spiro atoms. The zero-order chi connectivity index (χ0) is 12.1. The highest BCUT2D eigenvalue weighted by atomic mass is 79.9. The Bertz CT molecular complexity index is 364. The Hall–Kier alpha value is -0.740. The van der Waals surface area contributed by atoms with Crippen molar-refractivity contribution < 1.29 is 14.2 Å². The first kappa shape index (κ1) is 12.7. The van der Waals surface area contributed by atoms with E-state index < -0.39 is 0 Å². The van der Waals surface area contributed by atoms with Crippen LogP contribution in [0.1, 0.15) is 12.8 Å². The maximum atomic E-state index is 5.72. The first-order valence-corrected chi connectivity index (χ1v) is 6.62. The molecule has 1 saturated carbocycles. The number of halogens is 1. The van der Waals surface area contributed by atoms with Crippen LogP contribution in [0.4, 0.5) is 0 Å². The van der Waals surface area contributed by atoms with Gasteiger partial charge in [0.1, 0.15) is 18.1 Å². The number of rotatable bonds is 7. The normalized spacial score (nSPS) is 14.7. The smallest absolute Gasteiger partial charge is 0.124 e.